The van der Waals surface area contributed by atoms with Crippen molar-refractivity contribution >= 4 is 21.6 Å². The molecule has 0 heterocycles. The van der Waals surface area contributed by atoms with E-state index in [1.807, 2.05) is 49.5 Å². The van der Waals surface area contributed by atoms with Crippen LogP contribution >= 0.6 is 0 Å². The standard InChI is InChI=1S/C17H21N3O3S/c1-12(14-6-4-3-5-7-14)19-13(2)17(21)20-15-8-10-16(11-9-15)24(18,22)23/h3-13,19H,1-2H3,(H,20,21)(H2,18,22,23)/p+1/t12-,13-/m1/s1. The summed E-state index contributed by atoms with van der Waals surface area (Å²) in [6.07, 6.45) is 0. The van der Waals surface area contributed by atoms with Crippen LogP contribution in [-0.2, 0) is 14.8 Å². The largest absolute Gasteiger partial charge is 0.330 e. The first-order valence-electron chi connectivity index (χ1n) is 7.61. The highest BCUT2D eigenvalue weighted by Gasteiger charge is 2.20. The zero-order valence-electron chi connectivity index (χ0n) is 13.6. The summed E-state index contributed by atoms with van der Waals surface area (Å²) in [6, 6.07) is 15.6. The summed E-state index contributed by atoms with van der Waals surface area (Å²) in [7, 11) is -3.73. The Bertz CT molecular complexity index is 790. The fraction of sp³-hybridized carbons (Fsp3) is 0.235. The minimum absolute atomic E-state index is 0.0119. The van der Waals surface area contributed by atoms with Gasteiger partial charge >= 0.3 is 0 Å². The molecular weight excluding hydrogens is 326 g/mol. The molecule has 0 fully saturated rings. The van der Waals surface area contributed by atoms with Gasteiger partial charge in [-0.05, 0) is 38.1 Å². The lowest BCUT2D eigenvalue weighted by Gasteiger charge is -2.17. The molecule has 0 spiro atoms. The Labute approximate surface area is 142 Å². The topological polar surface area (TPSA) is 106 Å². The molecule has 0 aliphatic rings. The number of hydrogen-bond donors (Lipinski definition) is 3. The first-order valence-corrected chi connectivity index (χ1v) is 9.15. The molecule has 6 nitrogen and oxygen atoms in total. The normalized spacial score (nSPS) is 14.0. The summed E-state index contributed by atoms with van der Waals surface area (Å²) in [5.74, 6) is -0.152. The van der Waals surface area contributed by atoms with E-state index in [2.05, 4.69) is 5.32 Å². The number of hydrogen-bond acceptors (Lipinski definition) is 3. The van der Waals surface area contributed by atoms with Gasteiger partial charge in [0.15, 0.2) is 6.04 Å². The van der Waals surface area contributed by atoms with E-state index < -0.39 is 10.0 Å². The van der Waals surface area contributed by atoms with Crippen LogP contribution in [0.2, 0.25) is 0 Å². The molecule has 0 unspecified atom stereocenters. The number of benzene rings is 2. The molecule has 0 saturated heterocycles. The van der Waals surface area contributed by atoms with Crippen LogP contribution in [0.3, 0.4) is 0 Å². The number of carbonyl (C=O) groups is 1. The van der Waals surface area contributed by atoms with Crippen molar-refractivity contribution in [1.29, 1.82) is 0 Å². The Hall–Kier alpha value is -2.22. The van der Waals surface area contributed by atoms with Gasteiger partial charge in [-0.1, -0.05) is 30.3 Å². The number of amides is 1. The van der Waals surface area contributed by atoms with Crippen LogP contribution < -0.4 is 15.8 Å². The summed E-state index contributed by atoms with van der Waals surface area (Å²) in [6.45, 7) is 3.87. The lowest BCUT2D eigenvalue weighted by atomic mass is 10.1. The summed E-state index contributed by atoms with van der Waals surface area (Å²) in [5, 5.41) is 9.79. The quantitative estimate of drug-likeness (QED) is 0.724. The molecule has 5 N–H and O–H groups in total. The Morgan fingerprint density at radius 1 is 1.04 bits per heavy atom. The van der Waals surface area contributed by atoms with E-state index in [1.54, 1.807) is 0 Å². The van der Waals surface area contributed by atoms with Gasteiger partial charge in [0.05, 0.1) is 4.90 Å². The average Bonchev–Trinajstić information content (AvgIpc) is 2.55. The fourth-order valence-corrected chi connectivity index (χ4v) is 2.89. The van der Waals surface area contributed by atoms with Crippen molar-refractivity contribution in [2.75, 3.05) is 5.32 Å². The third kappa shape index (κ3) is 4.89. The van der Waals surface area contributed by atoms with Gasteiger partial charge in [0.2, 0.25) is 10.0 Å². The number of carbonyl (C=O) groups excluding carboxylic acids is 1. The molecule has 24 heavy (non-hydrogen) atoms. The van der Waals surface area contributed by atoms with Gasteiger partial charge in [-0.2, -0.15) is 0 Å². The van der Waals surface area contributed by atoms with Crippen molar-refractivity contribution in [2.24, 2.45) is 5.14 Å². The zero-order chi connectivity index (χ0) is 17.7. The minimum Gasteiger partial charge on any atom is -0.330 e. The van der Waals surface area contributed by atoms with Crippen LogP contribution in [0.25, 0.3) is 0 Å². The molecule has 0 aromatic heterocycles. The van der Waals surface area contributed by atoms with Crippen LogP contribution in [0.4, 0.5) is 5.69 Å². The molecule has 2 atom stereocenters. The molecule has 0 saturated carbocycles. The molecule has 0 radical (unpaired) electrons. The smallest absolute Gasteiger partial charge is 0.282 e. The number of quaternary nitrogens is 1. The van der Waals surface area contributed by atoms with Crippen molar-refractivity contribution in [3.63, 3.8) is 0 Å². The molecule has 2 rings (SSSR count). The molecule has 0 aliphatic carbocycles. The Kier molecular flexibility index (Phi) is 5.71. The number of anilines is 1. The first kappa shape index (κ1) is 18.1. The van der Waals surface area contributed by atoms with Crippen LogP contribution in [0.1, 0.15) is 25.5 Å². The van der Waals surface area contributed by atoms with Crippen molar-refractivity contribution in [3.8, 4) is 0 Å². The highest BCUT2D eigenvalue weighted by Crippen LogP contribution is 2.13. The lowest BCUT2D eigenvalue weighted by molar-refractivity contribution is -0.709. The molecular formula is C17H22N3O3S+. The van der Waals surface area contributed by atoms with Gasteiger partial charge in [0.1, 0.15) is 6.04 Å². The monoisotopic (exact) mass is 348 g/mol. The van der Waals surface area contributed by atoms with Crippen molar-refractivity contribution in [2.45, 2.75) is 30.8 Å². The number of nitrogens with two attached hydrogens (primary N) is 2. The van der Waals surface area contributed by atoms with Gasteiger partial charge in [-0.25, -0.2) is 13.6 Å². The molecule has 0 aliphatic heterocycles. The first-order chi connectivity index (χ1) is 11.3. The van der Waals surface area contributed by atoms with E-state index in [9.17, 15) is 13.2 Å². The summed E-state index contributed by atoms with van der Waals surface area (Å²) in [5.41, 5.74) is 1.68. The van der Waals surface area contributed by atoms with E-state index in [0.29, 0.717) is 5.69 Å². The summed E-state index contributed by atoms with van der Waals surface area (Å²) in [4.78, 5) is 12.3. The Balaban J connectivity index is 1.96. The van der Waals surface area contributed by atoms with E-state index >= 15 is 0 Å². The third-order valence-corrected chi connectivity index (χ3v) is 4.70. The number of primary sulfonamides is 1. The van der Waals surface area contributed by atoms with E-state index in [0.717, 1.165) is 5.56 Å². The Morgan fingerprint density at radius 3 is 2.17 bits per heavy atom. The summed E-state index contributed by atoms with van der Waals surface area (Å²) >= 11 is 0. The maximum Gasteiger partial charge on any atom is 0.282 e. The molecule has 0 bridgehead atoms. The number of sulfonamides is 1. The van der Waals surface area contributed by atoms with Gasteiger partial charge < -0.3 is 10.6 Å². The van der Waals surface area contributed by atoms with Crippen LogP contribution in [0.5, 0.6) is 0 Å². The van der Waals surface area contributed by atoms with Crippen molar-refractivity contribution in [3.05, 3.63) is 60.2 Å². The molecule has 2 aromatic rings. The van der Waals surface area contributed by atoms with E-state index in [4.69, 9.17) is 5.14 Å². The van der Waals surface area contributed by atoms with Crippen molar-refractivity contribution in [1.82, 2.24) is 0 Å². The lowest BCUT2D eigenvalue weighted by Crippen LogP contribution is -2.91. The second kappa shape index (κ2) is 7.57. The van der Waals surface area contributed by atoms with Crippen molar-refractivity contribution < 1.29 is 18.5 Å². The second-order valence-electron chi connectivity index (χ2n) is 5.74. The van der Waals surface area contributed by atoms with Gasteiger partial charge in [0.25, 0.3) is 5.91 Å². The highest BCUT2D eigenvalue weighted by atomic mass is 32.2. The summed E-state index contributed by atoms with van der Waals surface area (Å²) < 4.78 is 22.4. The molecule has 128 valence electrons. The van der Waals surface area contributed by atoms with Gasteiger partial charge in [-0.3, -0.25) is 4.79 Å². The van der Waals surface area contributed by atoms with E-state index in [1.165, 1.54) is 24.3 Å². The average molecular weight is 348 g/mol. The predicted octanol–water partition coefficient (Wildman–Crippen LogP) is 0.986. The van der Waals surface area contributed by atoms with E-state index in [-0.39, 0.29) is 22.9 Å². The molecule has 7 heteroatoms. The predicted molar refractivity (Wildman–Crippen MR) is 92.7 cm³/mol. The SMILES string of the molecule is C[C@@H]([NH2+][C@H](C)c1ccccc1)C(=O)Nc1ccc(S(N)(=O)=O)cc1. The Morgan fingerprint density at radius 2 is 1.62 bits per heavy atom. The number of rotatable bonds is 6. The third-order valence-electron chi connectivity index (χ3n) is 3.77. The maximum absolute atomic E-state index is 12.3. The second-order valence-corrected chi connectivity index (χ2v) is 7.30. The fourth-order valence-electron chi connectivity index (χ4n) is 2.37. The molecule has 2 aromatic carbocycles. The highest BCUT2D eigenvalue weighted by molar-refractivity contribution is 7.89. The zero-order valence-corrected chi connectivity index (χ0v) is 14.5. The van der Waals surface area contributed by atoms with Crippen LogP contribution in [0.15, 0.2) is 59.5 Å². The minimum atomic E-state index is -3.73. The maximum atomic E-state index is 12.3. The number of nitrogens with one attached hydrogen (secondary N) is 1. The van der Waals surface area contributed by atoms with Crippen LogP contribution in [0, 0.1) is 0 Å². The van der Waals surface area contributed by atoms with Crippen LogP contribution in [-0.4, -0.2) is 20.4 Å². The van der Waals surface area contributed by atoms with Gasteiger partial charge in [0, 0.05) is 11.3 Å². The van der Waals surface area contributed by atoms with Gasteiger partial charge in [-0.15, -0.1) is 0 Å². The molecule has 1 amide bonds.